The third kappa shape index (κ3) is 4.36. The second-order valence-corrected chi connectivity index (χ2v) is 10.7. The number of H-pyrrole nitrogens is 1. The average Bonchev–Trinajstić information content (AvgIpc) is 3.62. The zero-order valence-electron chi connectivity index (χ0n) is 21.5. The van der Waals surface area contributed by atoms with E-state index in [0.717, 1.165) is 46.6 Å². The van der Waals surface area contributed by atoms with Gasteiger partial charge in [0.1, 0.15) is 22.8 Å². The number of nitrogens with zero attached hydrogens (tertiary/aromatic N) is 3. The summed E-state index contributed by atoms with van der Waals surface area (Å²) in [6, 6.07) is 20.8. The number of aromatic amines is 1. The summed E-state index contributed by atoms with van der Waals surface area (Å²) in [6.45, 7) is 2.81. The van der Waals surface area contributed by atoms with Crippen LogP contribution < -0.4 is 10.5 Å². The number of aryl methyl sites for hydroxylation is 1. The molecule has 2 aliphatic rings. The van der Waals surface area contributed by atoms with Crippen molar-refractivity contribution < 1.29 is 9.26 Å². The predicted molar refractivity (Wildman–Crippen MR) is 151 cm³/mol. The van der Waals surface area contributed by atoms with E-state index in [0.29, 0.717) is 29.1 Å². The van der Waals surface area contributed by atoms with E-state index < -0.39 is 5.76 Å². The van der Waals surface area contributed by atoms with Crippen molar-refractivity contribution in [3.05, 3.63) is 110 Å². The lowest BCUT2D eigenvalue weighted by atomic mass is 9.83. The molecular weight excluding hydrogens is 512 g/mol. The van der Waals surface area contributed by atoms with Crippen LogP contribution in [-0.4, -0.2) is 19.7 Å². The molecule has 0 bridgehead atoms. The van der Waals surface area contributed by atoms with Gasteiger partial charge in [0.15, 0.2) is 5.82 Å². The Balaban J connectivity index is 1.39. The highest BCUT2D eigenvalue weighted by Gasteiger charge is 2.38. The molecule has 1 fully saturated rings. The normalized spacial score (nSPS) is 17.6. The maximum absolute atomic E-state index is 11.7. The maximum atomic E-state index is 11.7. The quantitative estimate of drug-likeness (QED) is 0.257. The lowest BCUT2D eigenvalue weighted by molar-refractivity contribution is 0.385. The van der Waals surface area contributed by atoms with Gasteiger partial charge in [-0.25, -0.2) is 9.78 Å². The molecule has 1 unspecified atom stereocenters. The standard InChI is InChI=1S/C31H27ClN4O3/c1-2-6-28-34-30-23(32)8-5-9-24(30)36(28)17-18-11-14-20-22(15-18)26(16-27-33-31(37)39-35-27)38-25-10-4-3-7-21(25)29(20)19-12-13-19/h3-5,7-11,14-16,19,29H,2,6,12-13,17H2,1H3,(H,33,35,37)/b26-16+. The molecule has 0 spiro atoms. The first-order valence-corrected chi connectivity index (χ1v) is 13.8. The Morgan fingerprint density at radius 2 is 1.97 bits per heavy atom. The third-order valence-electron chi connectivity index (χ3n) is 7.63. The van der Waals surface area contributed by atoms with E-state index in [2.05, 4.69) is 58.0 Å². The fourth-order valence-electron chi connectivity index (χ4n) is 5.76. The summed E-state index contributed by atoms with van der Waals surface area (Å²) in [5, 5.41) is 4.53. The van der Waals surface area contributed by atoms with Crippen LogP contribution in [-0.2, 0) is 13.0 Å². The second kappa shape index (κ2) is 9.58. The number of aromatic nitrogens is 4. The fourth-order valence-corrected chi connectivity index (χ4v) is 5.98. The molecule has 0 radical (unpaired) electrons. The van der Waals surface area contributed by atoms with Crippen molar-refractivity contribution in [2.75, 3.05) is 0 Å². The number of para-hydroxylation sites is 2. The van der Waals surface area contributed by atoms with Crippen LogP contribution in [0.1, 0.15) is 66.0 Å². The van der Waals surface area contributed by atoms with Crippen LogP contribution in [0.25, 0.3) is 22.9 Å². The van der Waals surface area contributed by atoms with Crippen LogP contribution in [0, 0.1) is 5.92 Å². The first-order valence-electron chi connectivity index (χ1n) is 13.4. The predicted octanol–water partition coefficient (Wildman–Crippen LogP) is 6.80. The minimum atomic E-state index is -0.602. The highest BCUT2D eigenvalue weighted by Crippen LogP contribution is 2.52. The van der Waals surface area contributed by atoms with Crippen LogP contribution in [0.3, 0.4) is 0 Å². The SMILES string of the molecule is CCCc1nc2c(Cl)cccc2n1Cc1ccc2c(c1)/C(=C\c1noc(=O)[nH]1)Oc1ccccc1C2C1CC1. The molecule has 196 valence electrons. The van der Waals surface area contributed by atoms with Gasteiger partial charge in [0.25, 0.3) is 0 Å². The van der Waals surface area contributed by atoms with Crippen LogP contribution >= 0.6 is 11.6 Å². The zero-order valence-corrected chi connectivity index (χ0v) is 22.2. The number of hydrogen-bond acceptors (Lipinski definition) is 5. The maximum Gasteiger partial charge on any atom is 0.439 e. The van der Waals surface area contributed by atoms with Crippen LogP contribution in [0.5, 0.6) is 5.75 Å². The molecule has 5 aromatic rings. The molecule has 7 nitrogen and oxygen atoms in total. The van der Waals surface area contributed by atoms with E-state index >= 15 is 0 Å². The summed E-state index contributed by atoms with van der Waals surface area (Å²) in [4.78, 5) is 19.2. The molecule has 0 saturated heterocycles. The Hall–Kier alpha value is -4.10. The number of rotatable bonds is 6. The van der Waals surface area contributed by atoms with Gasteiger partial charge in [-0.15, -0.1) is 0 Å². The molecule has 7 rings (SSSR count). The van der Waals surface area contributed by atoms with Gasteiger partial charge >= 0.3 is 5.76 Å². The highest BCUT2D eigenvalue weighted by molar-refractivity contribution is 6.34. The Bertz CT molecular complexity index is 1790. The van der Waals surface area contributed by atoms with Crippen LogP contribution in [0.15, 0.2) is 70.0 Å². The van der Waals surface area contributed by atoms with Crippen LogP contribution in [0.4, 0.5) is 0 Å². The number of nitrogens with one attached hydrogen (secondary N) is 1. The number of ether oxygens (including phenoxy) is 1. The highest BCUT2D eigenvalue weighted by atomic mass is 35.5. The Labute approximate surface area is 230 Å². The molecule has 39 heavy (non-hydrogen) atoms. The van der Waals surface area contributed by atoms with Crippen molar-refractivity contribution in [2.24, 2.45) is 5.92 Å². The second-order valence-electron chi connectivity index (χ2n) is 10.3. The molecule has 1 N–H and O–H groups in total. The topological polar surface area (TPSA) is 85.9 Å². The molecule has 3 aromatic carbocycles. The molecule has 2 aromatic heterocycles. The van der Waals surface area contributed by atoms with E-state index in [9.17, 15) is 4.79 Å². The molecule has 3 heterocycles. The Morgan fingerprint density at radius 3 is 2.77 bits per heavy atom. The van der Waals surface area contributed by atoms with Crippen molar-refractivity contribution in [3.8, 4) is 5.75 Å². The summed E-state index contributed by atoms with van der Waals surface area (Å²) >= 11 is 6.51. The van der Waals surface area contributed by atoms with Gasteiger partial charge in [-0.1, -0.05) is 60.1 Å². The van der Waals surface area contributed by atoms with Gasteiger partial charge in [-0.3, -0.25) is 9.51 Å². The summed E-state index contributed by atoms with van der Waals surface area (Å²) in [7, 11) is 0. The van der Waals surface area contributed by atoms with Crippen molar-refractivity contribution in [1.29, 1.82) is 0 Å². The number of halogens is 1. The summed E-state index contributed by atoms with van der Waals surface area (Å²) in [5.41, 5.74) is 6.37. The van der Waals surface area contributed by atoms with Gasteiger partial charge in [0.05, 0.1) is 10.5 Å². The molecule has 1 aliphatic heterocycles. The first kappa shape index (κ1) is 24.0. The van der Waals surface area contributed by atoms with Crippen LogP contribution in [0.2, 0.25) is 5.02 Å². The molecule has 1 aliphatic carbocycles. The molecule has 0 amide bonds. The van der Waals surface area contributed by atoms with E-state index in [1.165, 1.54) is 24.0 Å². The average molecular weight is 539 g/mol. The van der Waals surface area contributed by atoms with Crippen molar-refractivity contribution in [3.63, 3.8) is 0 Å². The minimum absolute atomic E-state index is 0.232. The minimum Gasteiger partial charge on any atom is -0.456 e. The Kier molecular flexibility index (Phi) is 5.89. The van der Waals surface area contributed by atoms with E-state index in [-0.39, 0.29) is 5.92 Å². The Morgan fingerprint density at radius 1 is 1.10 bits per heavy atom. The number of imidazole rings is 1. The lowest BCUT2D eigenvalue weighted by Gasteiger charge is -2.19. The summed E-state index contributed by atoms with van der Waals surface area (Å²) in [6.07, 6.45) is 5.98. The van der Waals surface area contributed by atoms with Gasteiger partial charge < -0.3 is 9.30 Å². The summed E-state index contributed by atoms with van der Waals surface area (Å²) in [5.74, 6) is 2.98. The fraction of sp³-hybridized carbons (Fsp3) is 0.258. The van der Waals surface area contributed by atoms with Crippen molar-refractivity contribution >= 4 is 34.5 Å². The summed E-state index contributed by atoms with van der Waals surface area (Å²) < 4.78 is 13.6. The number of fused-ring (bicyclic) bond motifs is 3. The van der Waals surface area contributed by atoms with Gasteiger partial charge in [-0.2, -0.15) is 0 Å². The molecule has 8 heteroatoms. The molecule has 1 saturated carbocycles. The first-order chi connectivity index (χ1) is 19.1. The van der Waals surface area contributed by atoms with Gasteiger partial charge in [0, 0.05) is 36.1 Å². The number of benzene rings is 3. The lowest BCUT2D eigenvalue weighted by Crippen LogP contribution is -2.08. The van der Waals surface area contributed by atoms with E-state index in [1.54, 1.807) is 6.08 Å². The molecule has 1 atom stereocenters. The van der Waals surface area contributed by atoms with E-state index in [4.69, 9.17) is 25.8 Å². The smallest absolute Gasteiger partial charge is 0.439 e. The van der Waals surface area contributed by atoms with E-state index in [1.807, 2.05) is 24.3 Å². The largest absolute Gasteiger partial charge is 0.456 e. The van der Waals surface area contributed by atoms with Gasteiger partial charge in [0.2, 0.25) is 0 Å². The third-order valence-corrected chi connectivity index (χ3v) is 7.94. The monoisotopic (exact) mass is 538 g/mol. The van der Waals surface area contributed by atoms with Gasteiger partial charge in [-0.05, 0) is 60.6 Å². The number of hydrogen-bond donors (Lipinski definition) is 1. The van der Waals surface area contributed by atoms with Crippen molar-refractivity contribution in [2.45, 2.75) is 45.1 Å². The molecular formula is C31H27ClN4O3. The zero-order chi connectivity index (χ0) is 26.5. The van der Waals surface area contributed by atoms with Crippen molar-refractivity contribution in [1.82, 2.24) is 19.7 Å².